The number of hydrogen-bond donors (Lipinski definition) is 0. The van der Waals surface area contributed by atoms with Crippen LogP contribution in [-0.4, -0.2) is 44.2 Å². The van der Waals surface area contributed by atoms with Crippen LogP contribution in [-0.2, 0) is 4.79 Å². The summed E-state index contributed by atoms with van der Waals surface area (Å²) in [5.41, 5.74) is 3.39. The molecule has 2 aliphatic heterocycles. The number of para-hydroxylation sites is 1. The van der Waals surface area contributed by atoms with Gasteiger partial charge in [-0.2, -0.15) is 5.10 Å². The number of fused-ring (bicyclic) bond motifs is 1. The van der Waals surface area contributed by atoms with E-state index in [4.69, 9.17) is 26.8 Å². The molecule has 0 unspecified atom stereocenters. The van der Waals surface area contributed by atoms with Gasteiger partial charge in [-0.05, 0) is 50.3 Å². The minimum atomic E-state index is -0.0735. The Morgan fingerprint density at radius 2 is 1.84 bits per heavy atom. The van der Waals surface area contributed by atoms with E-state index in [9.17, 15) is 4.79 Å². The summed E-state index contributed by atoms with van der Waals surface area (Å²) in [7, 11) is 0. The third kappa shape index (κ3) is 3.80. The molecule has 5 rings (SSSR count). The van der Waals surface area contributed by atoms with E-state index in [2.05, 4.69) is 0 Å². The Bertz CT molecular complexity index is 1230. The average Bonchev–Trinajstić information content (AvgIpc) is 3.34. The van der Waals surface area contributed by atoms with E-state index in [0.717, 1.165) is 28.3 Å². The quantitative estimate of drug-likeness (QED) is 0.404. The second kappa shape index (κ2) is 8.44. The summed E-state index contributed by atoms with van der Waals surface area (Å²) in [4.78, 5) is 15.2. The van der Waals surface area contributed by atoms with Crippen LogP contribution in [0.25, 0.3) is 23.0 Å². The maximum atomic E-state index is 13.0. The molecule has 0 aliphatic carbocycles. The molecule has 0 spiro atoms. The number of ether oxygens (including phenoxy) is 2. The minimum Gasteiger partial charge on any atom is -0.486 e. The molecule has 2 aromatic carbocycles. The van der Waals surface area contributed by atoms with Gasteiger partial charge in [0.25, 0.3) is 5.91 Å². The van der Waals surface area contributed by atoms with E-state index in [1.807, 2.05) is 79.3 Å². The van der Waals surface area contributed by atoms with Crippen molar-refractivity contribution in [3.05, 3.63) is 65.2 Å². The normalized spacial score (nSPS) is 17.0. The summed E-state index contributed by atoms with van der Waals surface area (Å²) in [6, 6.07) is 15.7. The lowest BCUT2D eigenvalue weighted by Gasteiger charge is -2.18. The van der Waals surface area contributed by atoms with E-state index < -0.39 is 0 Å². The molecular weight excluding hydrogens is 442 g/mol. The molecule has 1 saturated heterocycles. The molecule has 1 aromatic heterocycles. The van der Waals surface area contributed by atoms with Gasteiger partial charge in [-0.25, -0.2) is 4.68 Å². The van der Waals surface area contributed by atoms with Gasteiger partial charge in [0.05, 0.1) is 10.6 Å². The first-order valence-electron chi connectivity index (χ1n) is 10.3. The fourth-order valence-corrected chi connectivity index (χ4v) is 5.20. The number of thiocarbonyl (C=S) groups is 1. The molecule has 6 nitrogen and oxygen atoms in total. The number of thioether (sulfide) groups is 1. The van der Waals surface area contributed by atoms with Crippen molar-refractivity contribution in [3.8, 4) is 28.4 Å². The van der Waals surface area contributed by atoms with Crippen molar-refractivity contribution in [2.45, 2.75) is 19.9 Å². The molecule has 0 saturated carbocycles. The molecule has 1 amide bonds. The standard InChI is InChI=1S/C24H21N3O3S2/c1-15(2)27-23(28)21(32-24(27)31)13-17-14-26(18-6-4-3-5-7-18)25-22(17)16-8-9-19-20(12-16)30-11-10-29-19/h3-9,12-15H,10-11H2,1-2H3/b21-13-. The third-order valence-corrected chi connectivity index (χ3v) is 6.54. The molecule has 0 atom stereocenters. The molecule has 3 aromatic rings. The molecule has 8 heteroatoms. The SMILES string of the molecule is CC(C)N1C(=O)/C(=C/c2cn(-c3ccccc3)nc2-c2ccc3c(c2)OCCO3)SC1=S. The zero-order valence-corrected chi connectivity index (χ0v) is 19.3. The number of benzene rings is 2. The zero-order valence-electron chi connectivity index (χ0n) is 17.6. The summed E-state index contributed by atoms with van der Waals surface area (Å²) in [5, 5.41) is 4.85. The molecule has 0 radical (unpaired) electrons. The third-order valence-electron chi connectivity index (χ3n) is 5.21. The summed E-state index contributed by atoms with van der Waals surface area (Å²) in [6.07, 6.45) is 3.81. The van der Waals surface area contributed by atoms with Gasteiger partial charge in [0, 0.05) is 23.4 Å². The van der Waals surface area contributed by atoms with Crippen LogP contribution in [0.5, 0.6) is 11.5 Å². The Kier molecular flexibility index (Phi) is 5.48. The number of carbonyl (C=O) groups excluding carboxylic acids is 1. The highest BCUT2D eigenvalue weighted by atomic mass is 32.2. The minimum absolute atomic E-state index is 0.0118. The lowest BCUT2D eigenvalue weighted by atomic mass is 10.1. The van der Waals surface area contributed by atoms with Crippen LogP contribution in [0.3, 0.4) is 0 Å². The predicted octanol–water partition coefficient (Wildman–Crippen LogP) is 4.92. The summed E-state index contributed by atoms with van der Waals surface area (Å²) in [5.74, 6) is 1.34. The number of amides is 1. The van der Waals surface area contributed by atoms with Gasteiger partial charge in [0.2, 0.25) is 0 Å². The average molecular weight is 464 g/mol. The van der Waals surface area contributed by atoms with Crippen LogP contribution >= 0.6 is 24.0 Å². The highest BCUT2D eigenvalue weighted by Gasteiger charge is 2.34. The smallest absolute Gasteiger partial charge is 0.266 e. The summed E-state index contributed by atoms with van der Waals surface area (Å²) < 4.78 is 13.8. The maximum Gasteiger partial charge on any atom is 0.266 e. The number of rotatable bonds is 4. The Morgan fingerprint density at radius 1 is 1.09 bits per heavy atom. The highest BCUT2D eigenvalue weighted by Crippen LogP contribution is 2.38. The lowest BCUT2D eigenvalue weighted by molar-refractivity contribution is -0.123. The molecule has 32 heavy (non-hydrogen) atoms. The van der Waals surface area contributed by atoms with Crippen molar-refractivity contribution in [1.29, 1.82) is 0 Å². The summed E-state index contributed by atoms with van der Waals surface area (Å²) in [6.45, 7) is 4.97. The second-order valence-corrected chi connectivity index (χ2v) is 9.39. The number of aromatic nitrogens is 2. The van der Waals surface area contributed by atoms with Gasteiger partial charge in [0.15, 0.2) is 11.5 Å². The van der Waals surface area contributed by atoms with Crippen molar-refractivity contribution in [1.82, 2.24) is 14.7 Å². The Labute approximate surface area is 195 Å². The number of nitrogens with zero attached hydrogens (tertiary/aromatic N) is 3. The van der Waals surface area contributed by atoms with Gasteiger partial charge >= 0.3 is 0 Å². The van der Waals surface area contributed by atoms with Gasteiger partial charge < -0.3 is 9.47 Å². The van der Waals surface area contributed by atoms with Gasteiger partial charge in [-0.15, -0.1) is 0 Å². The monoisotopic (exact) mass is 463 g/mol. The summed E-state index contributed by atoms with van der Waals surface area (Å²) >= 11 is 6.76. The molecule has 1 fully saturated rings. The van der Waals surface area contributed by atoms with Crippen LogP contribution in [0.4, 0.5) is 0 Å². The van der Waals surface area contributed by atoms with Crippen LogP contribution in [0.15, 0.2) is 59.6 Å². The van der Waals surface area contributed by atoms with Crippen molar-refractivity contribution in [2.75, 3.05) is 13.2 Å². The molecule has 2 aliphatic rings. The van der Waals surface area contributed by atoms with Crippen LogP contribution in [0.1, 0.15) is 19.4 Å². The molecule has 3 heterocycles. The van der Waals surface area contributed by atoms with E-state index in [1.54, 1.807) is 4.90 Å². The van der Waals surface area contributed by atoms with Gasteiger partial charge in [-0.1, -0.05) is 42.2 Å². The fraction of sp³-hybridized carbons (Fsp3) is 0.208. The van der Waals surface area contributed by atoms with Crippen molar-refractivity contribution in [2.24, 2.45) is 0 Å². The largest absolute Gasteiger partial charge is 0.486 e. The molecule has 0 N–H and O–H groups in total. The van der Waals surface area contributed by atoms with Crippen LogP contribution in [0.2, 0.25) is 0 Å². The van der Waals surface area contributed by atoms with Crippen molar-refractivity contribution < 1.29 is 14.3 Å². The van der Waals surface area contributed by atoms with E-state index in [0.29, 0.717) is 28.2 Å². The van der Waals surface area contributed by atoms with Crippen molar-refractivity contribution >= 4 is 40.3 Å². The maximum absolute atomic E-state index is 13.0. The van der Waals surface area contributed by atoms with E-state index in [1.165, 1.54) is 11.8 Å². The van der Waals surface area contributed by atoms with Gasteiger partial charge in [0.1, 0.15) is 23.2 Å². The molecule has 0 bridgehead atoms. The van der Waals surface area contributed by atoms with E-state index in [-0.39, 0.29) is 11.9 Å². The van der Waals surface area contributed by atoms with E-state index >= 15 is 0 Å². The number of carbonyl (C=O) groups is 1. The first kappa shape index (κ1) is 20.8. The highest BCUT2D eigenvalue weighted by molar-refractivity contribution is 8.26. The zero-order chi connectivity index (χ0) is 22.2. The fourth-order valence-electron chi connectivity index (χ4n) is 3.69. The second-order valence-electron chi connectivity index (χ2n) is 7.72. The molecule has 162 valence electrons. The topological polar surface area (TPSA) is 56.6 Å². The predicted molar refractivity (Wildman–Crippen MR) is 130 cm³/mol. The van der Waals surface area contributed by atoms with Crippen molar-refractivity contribution in [3.63, 3.8) is 0 Å². The number of hydrogen-bond acceptors (Lipinski definition) is 6. The Balaban J connectivity index is 1.61. The van der Waals surface area contributed by atoms with Crippen LogP contribution in [0, 0.1) is 0 Å². The first-order chi connectivity index (χ1) is 15.5. The first-order valence-corrected chi connectivity index (χ1v) is 11.6. The lowest BCUT2D eigenvalue weighted by Crippen LogP contribution is -2.34. The Hall–Kier alpha value is -3.10. The van der Waals surface area contributed by atoms with Crippen LogP contribution < -0.4 is 9.47 Å². The Morgan fingerprint density at radius 3 is 2.56 bits per heavy atom. The molecular formula is C24H21N3O3S2. The van der Waals surface area contributed by atoms with Gasteiger partial charge in [-0.3, -0.25) is 9.69 Å².